The molecule has 1 fully saturated rings. The summed E-state index contributed by atoms with van der Waals surface area (Å²) in [6, 6.07) is 0. The molecule has 64 valence electrons. The third-order valence-corrected chi connectivity index (χ3v) is 1.78. The highest BCUT2D eigenvalue weighted by Gasteiger charge is 2.52. The molecule has 0 aromatic rings. The maximum Gasteiger partial charge on any atom is 0.341 e. The highest BCUT2D eigenvalue weighted by Crippen LogP contribution is 2.25. The Morgan fingerprint density at radius 2 is 2.27 bits per heavy atom. The second-order valence-corrected chi connectivity index (χ2v) is 2.72. The molecule has 1 unspecified atom stereocenters. The van der Waals surface area contributed by atoms with Gasteiger partial charge in [-0.1, -0.05) is 0 Å². The van der Waals surface area contributed by atoms with Gasteiger partial charge in [-0.25, -0.2) is 4.79 Å². The van der Waals surface area contributed by atoms with Crippen molar-refractivity contribution < 1.29 is 24.9 Å². The van der Waals surface area contributed by atoms with E-state index in [1.165, 1.54) is 0 Å². The van der Waals surface area contributed by atoms with Crippen molar-refractivity contribution in [1.82, 2.24) is 0 Å². The van der Waals surface area contributed by atoms with E-state index in [0.717, 1.165) is 6.92 Å². The minimum Gasteiger partial charge on any atom is -0.455 e. The molecule has 1 aliphatic rings. The molecule has 0 spiro atoms. The minimum absolute atomic E-state index is 0.483. The van der Waals surface area contributed by atoms with E-state index in [1.807, 2.05) is 0 Å². The van der Waals surface area contributed by atoms with Crippen LogP contribution in [0.15, 0.2) is 0 Å². The van der Waals surface area contributed by atoms with Crippen molar-refractivity contribution in [1.29, 1.82) is 0 Å². The summed E-state index contributed by atoms with van der Waals surface area (Å²) in [6.45, 7) is 0.665. The lowest BCUT2D eigenvalue weighted by Gasteiger charge is -2.16. The van der Waals surface area contributed by atoms with Gasteiger partial charge in [0.2, 0.25) is 0 Å². The molecule has 1 heterocycles. The Balaban J connectivity index is 2.80. The van der Waals surface area contributed by atoms with Crippen LogP contribution in [0.4, 0.5) is 0 Å². The van der Waals surface area contributed by atoms with E-state index in [-0.39, 0.29) is 0 Å². The first-order chi connectivity index (χ1) is 5.00. The topological polar surface area (TPSA) is 87.0 Å². The summed E-state index contributed by atoms with van der Waals surface area (Å²) in [7, 11) is 0. The normalized spacial score (nSPS) is 44.2. The number of aliphatic hydroxyl groups is 3. The summed E-state index contributed by atoms with van der Waals surface area (Å²) in [4.78, 5) is 10.7. The molecule has 1 saturated heterocycles. The van der Waals surface area contributed by atoms with Crippen LogP contribution in [0.3, 0.4) is 0 Å². The van der Waals surface area contributed by atoms with Crippen molar-refractivity contribution in [2.75, 3.05) is 6.61 Å². The Morgan fingerprint density at radius 3 is 2.45 bits per heavy atom. The van der Waals surface area contributed by atoms with E-state index >= 15 is 0 Å². The van der Waals surface area contributed by atoms with Gasteiger partial charge in [-0.3, -0.25) is 0 Å². The Bertz CT molecular complexity index is 176. The molecular weight excluding hydrogens is 152 g/mol. The lowest BCUT2D eigenvalue weighted by atomic mass is 9.99. The van der Waals surface area contributed by atoms with Gasteiger partial charge in [0.15, 0.2) is 11.7 Å². The van der Waals surface area contributed by atoms with E-state index in [1.54, 1.807) is 0 Å². The molecule has 0 aromatic heterocycles. The lowest BCUT2D eigenvalue weighted by molar-refractivity contribution is -0.155. The highest BCUT2D eigenvalue weighted by molar-refractivity contribution is 5.82. The fourth-order valence-electron chi connectivity index (χ4n) is 0.941. The number of cyclic esters (lactones) is 1. The molecule has 0 radical (unpaired) electrons. The van der Waals surface area contributed by atoms with Gasteiger partial charge in [-0.2, -0.15) is 0 Å². The average molecular weight is 162 g/mol. The van der Waals surface area contributed by atoms with E-state index in [2.05, 4.69) is 4.74 Å². The van der Waals surface area contributed by atoms with Gasteiger partial charge >= 0.3 is 5.97 Å². The second-order valence-electron chi connectivity index (χ2n) is 2.72. The summed E-state index contributed by atoms with van der Waals surface area (Å²) in [6.07, 6.45) is -2.35. The summed E-state index contributed by atoms with van der Waals surface area (Å²) in [5.41, 5.74) is -1.88. The summed E-state index contributed by atoms with van der Waals surface area (Å²) >= 11 is 0. The van der Waals surface area contributed by atoms with Crippen LogP contribution in [0.1, 0.15) is 6.92 Å². The predicted molar refractivity (Wildman–Crippen MR) is 33.6 cm³/mol. The van der Waals surface area contributed by atoms with Crippen molar-refractivity contribution in [2.24, 2.45) is 0 Å². The number of hydrogen-bond donors (Lipinski definition) is 3. The van der Waals surface area contributed by atoms with Crippen LogP contribution in [0.2, 0.25) is 0 Å². The molecule has 3 atom stereocenters. The summed E-state index contributed by atoms with van der Waals surface area (Å²) in [5.74, 6) is -0.899. The number of aliphatic hydroxyl groups excluding tert-OH is 2. The zero-order valence-corrected chi connectivity index (χ0v) is 6.02. The van der Waals surface area contributed by atoms with Crippen LogP contribution in [0, 0.1) is 0 Å². The summed E-state index contributed by atoms with van der Waals surface area (Å²) < 4.78 is 4.45. The molecule has 3 N–H and O–H groups in total. The van der Waals surface area contributed by atoms with Gasteiger partial charge in [0.1, 0.15) is 6.10 Å². The van der Waals surface area contributed by atoms with Gasteiger partial charge < -0.3 is 20.1 Å². The van der Waals surface area contributed by atoms with Crippen molar-refractivity contribution in [2.45, 2.75) is 24.7 Å². The second kappa shape index (κ2) is 2.44. The first kappa shape index (κ1) is 8.45. The number of carbonyl (C=O) groups is 1. The van der Waals surface area contributed by atoms with E-state index in [9.17, 15) is 9.90 Å². The van der Waals surface area contributed by atoms with Gasteiger partial charge in [-0.05, 0) is 6.92 Å². The van der Waals surface area contributed by atoms with E-state index in [4.69, 9.17) is 10.2 Å². The minimum atomic E-state index is -1.88. The zero-order valence-electron chi connectivity index (χ0n) is 6.02. The van der Waals surface area contributed by atoms with E-state index < -0.39 is 30.4 Å². The Kier molecular flexibility index (Phi) is 1.87. The lowest BCUT2D eigenvalue weighted by Crippen LogP contribution is -2.43. The zero-order chi connectivity index (χ0) is 8.65. The molecule has 0 aromatic carbocycles. The maximum atomic E-state index is 10.7. The molecular formula is C6H10O5. The number of hydrogen-bond acceptors (Lipinski definition) is 5. The first-order valence-electron chi connectivity index (χ1n) is 3.22. The Morgan fingerprint density at radius 1 is 1.73 bits per heavy atom. The van der Waals surface area contributed by atoms with Crippen LogP contribution < -0.4 is 0 Å². The quantitative estimate of drug-likeness (QED) is 0.389. The fourth-order valence-corrected chi connectivity index (χ4v) is 0.941. The molecule has 0 aliphatic carbocycles. The number of carbonyl (C=O) groups excluding carboxylic acids is 1. The average Bonchev–Trinajstić information content (AvgIpc) is 2.14. The van der Waals surface area contributed by atoms with Crippen LogP contribution in [0.5, 0.6) is 0 Å². The molecule has 1 rings (SSSR count). The van der Waals surface area contributed by atoms with Gasteiger partial charge in [-0.15, -0.1) is 0 Å². The van der Waals surface area contributed by atoms with Crippen molar-refractivity contribution in [3.63, 3.8) is 0 Å². The number of rotatable bonds is 1. The largest absolute Gasteiger partial charge is 0.455 e. The smallest absolute Gasteiger partial charge is 0.341 e. The molecule has 0 amide bonds. The Labute approximate surface area is 63.2 Å². The number of esters is 1. The monoisotopic (exact) mass is 162 g/mol. The van der Waals surface area contributed by atoms with Crippen molar-refractivity contribution >= 4 is 5.97 Å². The third kappa shape index (κ3) is 1.11. The molecule has 5 nitrogen and oxygen atoms in total. The molecule has 1 aliphatic heterocycles. The van der Waals surface area contributed by atoms with Crippen LogP contribution in [-0.2, 0) is 9.53 Å². The molecule has 11 heavy (non-hydrogen) atoms. The Hall–Kier alpha value is -0.650. The predicted octanol–water partition coefficient (Wildman–Crippen LogP) is -1.98. The molecule has 0 saturated carbocycles. The van der Waals surface area contributed by atoms with Crippen LogP contribution in [-0.4, -0.2) is 45.7 Å². The van der Waals surface area contributed by atoms with Crippen LogP contribution >= 0.6 is 0 Å². The van der Waals surface area contributed by atoms with Gasteiger partial charge in [0.05, 0.1) is 6.61 Å². The van der Waals surface area contributed by atoms with Crippen LogP contribution in [0.25, 0.3) is 0 Å². The van der Waals surface area contributed by atoms with Gasteiger partial charge in [0.25, 0.3) is 0 Å². The third-order valence-electron chi connectivity index (χ3n) is 1.78. The highest BCUT2D eigenvalue weighted by atomic mass is 16.6. The SMILES string of the molecule is C[C@]1(O)C(=O)O[C@@H](CO)C1O. The maximum absolute atomic E-state index is 10.7. The van der Waals surface area contributed by atoms with Gasteiger partial charge in [0, 0.05) is 0 Å². The molecule has 5 heteroatoms. The molecule has 0 bridgehead atoms. The summed E-state index contributed by atoms with van der Waals surface area (Å²) in [5, 5.41) is 26.9. The fraction of sp³-hybridized carbons (Fsp3) is 0.833. The standard InChI is InChI=1S/C6H10O5/c1-6(10)4(8)3(2-7)11-5(6)9/h3-4,7-8,10H,2H2,1H3/t3-,4?,6+/m0/s1. The van der Waals surface area contributed by atoms with E-state index in [0.29, 0.717) is 0 Å². The number of ether oxygens (including phenoxy) is 1. The first-order valence-corrected chi connectivity index (χ1v) is 3.22. The van der Waals surface area contributed by atoms with Crippen molar-refractivity contribution in [3.05, 3.63) is 0 Å². The van der Waals surface area contributed by atoms with Crippen molar-refractivity contribution in [3.8, 4) is 0 Å².